The van der Waals surface area contributed by atoms with E-state index in [2.05, 4.69) is 5.32 Å². The fraction of sp³-hybridized carbons (Fsp3) is 0.400. The number of carbonyl (C=O) groups is 2. The number of rotatable bonds is 8. The standard InChI is InChI=1S/C25H31N5O3/c1-19-22(24(28-14-6-7-15-28)30(27-19)21-9-4-3-5-10-21)25(32)29-16-11-20(12-17-29)23(31)26-13-8-18-33-2/h3-7,9-10,14-15,20H,8,11-13,16-18H2,1-2H3,(H,26,31). The van der Waals surface area contributed by atoms with Crippen LogP contribution in [0, 0.1) is 12.8 Å². The summed E-state index contributed by atoms with van der Waals surface area (Å²) in [5.74, 6) is 0.692. The van der Waals surface area contributed by atoms with Gasteiger partial charge in [-0.2, -0.15) is 5.10 Å². The molecule has 4 rings (SSSR count). The number of aryl methyl sites for hydroxylation is 1. The summed E-state index contributed by atoms with van der Waals surface area (Å²) in [6.07, 6.45) is 5.96. The van der Waals surface area contributed by atoms with E-state index < -0.39 is 0 Å². The molecule has 1 saturated heterocycles. The number of amides is 2. The summed E-state index contributed by atoms with van der Waals surface area (Å²) in [5, 5.41) is 7.70. The molecule has 1 fully saturated rings. The van der Waals surface area contributed by atoms with Crippen LogP contribution in [0.25, 0.3) is 11.5 Å². The largest absolute Gasteiger partial charge is 0.385 e. The highest BCUT2D eigenvalue weighted by Gasteiger charge is 2.31. The molecule has 0 saturated carbocycles. The van der Waals surface area contributed by atoms with Crippen molar-refractivity contribution in [2.75, 3.05) is 33.4 Å². The maximum absolute atomic E-state index is 13.6. The van der Waals surface area contributed by atoms with Gasteiger partial charge in [-0.15, -0.1) is 0 Å². The van der Waals surface area contributed by atoms with Gasteiger partial charge >= 0.3 is 0 Å². The molecule has 1 aliphatic rings. The summed E-state index contributed by atoms with van der Waals surface area (Å²) >= 11 is 0. The third kappa shape index (κ3) is 5.01. The first-order valence-electron chi connectivity index (χ1n) is 11.4. The molecule has 0 unspecified atom stereocenters. The molecule has 0 aliphatic carbocycles. The molecule has 33 heavy (non-hydrogen) atoms. The Bertz CT molecular complexity index is 1070. The number of piperidine rings is 1. The monoisotopic (exact) mass is 449 g/mol. The quantitative estimate of drug-likeness (QED) is 0.536. The molecule has 2 amide bonds. The van der Waals surface area contributed by atoms with Crippen molar-refractivity contribution in [3.8, 4) is 11.5 Å². The van der Waals surface area contributed by atoms with Crippen LogP contribution in [0.4, 0.5) is 0 Å². The Morgan fingerprint density at radius 2 is 1.79 bits per heavy atom. The third-order valence-electron chi connectivity index (χ3n) is 6.08. The molecule has 0 radical (unpaired) electrons. The highest BCUT2D eigenvalue weighted by molar-refractivity contribution is 5.99. The van der Waals surface area contributed by atoms with Crippen LogP contribution < -0.4 is 5.32 Å². The van der Waals surface area contributed by atoms with E-state index in [0.717, 1.165) is 17.9 Å². The van der Waals surface area contributed by atoms with E-state index in [4.69, 9.17) is 9.84 Å². The average molecular weight is 450 g/mol. The minimum atomic E-state index is -0.0614. The second-order valence-electron chi connectivity index (χ2n) is 8.33. The van der Waals surface area contributed by atoms with Crippen LogP contribution >= 0.6 is 0 Å². The molecule has 3 heterocycles. The molecular weight excluding hydrogens is 418 g/mol. The third-order valence-corrected chi connectivity index (χ3v) is 6.08. The molecule has 0 bridgehead atoms. The Morgan fingerprint density at radius 3 is 2.45 bits per heavy atom. The number of carbonyl (C=O) groups excluding carboxylic acids is 2. The fourth-order valence-electron chi connectivity index (χ4n) is 4.30. The molecule has 2 aromatic heterocycles. The van der Waals surface area contributed by atoms with Crippen molar-refractivity contribution >= 4 is 11.8 Å². The predicted octanol–water partition coefficient (Wildman–Crippen LogP) is 2.98. The highest BCUT2D eigenvalue weighted by atomic mass is 16.5. The van der Waals surface area contributed by atoms with Gasteiger partial charge in [0.2, 0.25) is 5.91 Å². The summed E-state index contributed by atoms with van der Waals surface area (Å²) in [6, 6.07) is 13.7. The zero-order chi connectivity index (χ0) is 23.2. The van der Waals surface area contributed by atoms with Crippen molar-refractivity contribution in [2.24, 2.45) is 5.92 Å². The fourth-order valence-corrected chi connectivity index (χ4v) is 4.30. The number of aromatic nitrogens is 3. The van der Waals surface area contributed by atoms with Crippen LogP contribution in [0.1, 0.15) is 35.3 Å². The Hall–Kier alpha value is -3.39. The van der Waals surface area contributed by atoms with Gasteiger partial charge < -0.3 is 19.5 Å². The van der Waals surface area contributed by atoms with Gasteiger partial charge in [0.25, 0.3) is 5.91 Å². The second kappa shape index (κ2) is 10.5. The molecule has 3 aromatic rings. The minimum absolute atomic E-state index is 0.0441. The number of likely N-dealkylation sites (tertiary alicyclic amines) is 1. The Balaban J connectivity index is 1.51. The summed E-state index contributed by atoms with van der Waals surface area (Å²) in [7, 11) is 1.65. The number of hydrogen-bond donors (Lipinski definition) is 1. The van der Waals surface area contributed by atoms with Crippen molar-refractivity contribution in [3.05, 3.63) is 66.1 Å². The van der Waals surface area contributed by atoms with Crippen molar-refractivity contribution in [1.82, 2.24) is 24.6 Å². The molecule has 1 aliphatic heterocycles. The van der Waals surface area contributed by atoms with E-state index in [1.54, 1.807) is 7.11 Å². The number of benzene rings is 1. The predicted molar refractivity (Wildman–Crippen MR) is 126 cm³/mol. The van der Waals surface area contributed by atoms with E-state index in [0.29, 0.717) is 50.3 Å². The van der Waals surface area contributed by atoms with Crippen LogP contribution in [0.2, 0.25) is 0 Å². The van der Waals surface area contributed by atoms with E-state index in [9.17, 15) is 9.59 Å². The van der Waals surface area contributed by atoms with Crippen LogP contribution in [-0.2, 0) is 9.53 Å². The van der Waals surface area contributed by atoms with Gasteiger partial charge in [-0.05, 0) is 50.5 Å². The summed E-state index contributed by atoms with van der Waals surface area (Å²) in [5.41, 5.74) is 2.18. The molecule has 1 aromatic carbocycles. The van der Waals surface area contributed by atoms with Gasteiger partial charge in [-0.1, -0.05) is 18.2 Å². The van der Waals surface area contributed by atoms with Gasteiger partial charge in [0.1, 0.15) is 5.56 Å². The lowest BCUT2D eigenvalue weighted by Crippen LogP contribution is -2.43. The smallest absolute Gasteiger partial charge is 0.259 e. The number of para-hydroxylation sites is 1. The molecule has 0 spiro atoms. The van der Waals surface area contributed by atoms with E-state index in [1.165, 1.54) is 0 Å². The van der Waals surface area contributed by atoms with Crippen molar-refractivity contribution in [2.45, 2.75) is 26.2 Å². The van der Waals surface area contributed by atoms with Gasteiger partial charge in [-0.25, -0.2) is 4.68 Å². The summed E-state index contributed by atoms with van der Waals surface area (Å²) < 4.78 is 8.78. The van der Waals surface area contributed by atoms with Crippen LogP contribution in [0.3, 0.4) is 0 Å². The number of ether oxygens (including phenoxy) is 1. The zero-order valence-electron chi connectivity index (χ0n) is 19.2. The molecule has 8 heteroatoms. The summed E-state index contributed by atoms with van der Waals surface area (Å²) in [6.45, 7) is 4.23. The van der Waals surface area contributed by atoms with Gasteiger partial charge in [0.05, 0.1) is 11.4 Å². The molecule has 8 nitrogen and oxygen atoms in total. The SMILES string of the molecule is COCCCNC(=O)C1CCN(C(=O)c2c(C)nn(-c3ccccc3)c2-n2cccc2)CC1. The van der Waals surface area contributed by atoms with Crippen LogP contribution in [0.15, 0.2) is 54.9 Å². The number of hydrogen-bond acceptors (Lipinski definition) is 4. The lowest BCUT2D eigenvalue weighted by atomic mass is 9.95. The van der Waals surface area contributed by atoms with Gasteiger partial charge in [0.15, 0.2) is 5.82 Å². The van der Waals surface area contributed by atoms with Crippen LogP contribution in [-0.4, -0.2) is 64.4 Å². The minimum Gasteiger partial charge on any atom is -0.385 e. The van der Waals surface area contributed by atoms with Crippen LogP contribution in [0.5, 0.6) is 0 Å². The first-order chi connectivity index (χ1) is 16.1. The normalized spacial score (nSPS) is 14.4. The average Bonchev–Trinajstić information content (AvgIpc) is 3.49. The Labute approximate surface area is 194 Å². The lowest BCUT2D eigenvalue weighted by molar-refractivity contribution is -0.126. The van der Waals surface area contributed by atoms with Crippen molar-refractivity contribution < 1.29 is 14.3 Å². The maximum atomic E-state index is 13.6. The first-order valence-corrected chi connectivity index (χ1v) is 11.4. The number of nitrogens with zero attached hydrogens (tertiary/aromatic N) is 4. The molecule has 0 atom stereocenters. The van der Waals surface area contributed by atoms with Gasteiger partial charge in [0, 0.05) is 51.7 Å². The molecular formula is C25H31N5O3. The van der Waals surface area contributed by atoms with E-state index in [-0.39, 0.29) is 17.7 Å². The molecule has 1 N–H and O–H groups in total. The zero-order valence-corrected chi connectivity index (χ0v) is 19.2. The van der Waals surface area contributed by atoms with Crippen molar-refractivity contribution in [3.63, 3.8) is 0 Å². The van der Waals surface area contributed by atoms with E-state index >= 15 is 0 Å². The Kier molecular flexibility index (Phi) is 7.24. The lowest BCUT2D eigenvalue weighted by Gasteiger charge is -2.31. The second-order valence-corrected chi connectivity index (χ2v) is 8.33. The Morgan fingerprint density at radius 1 is 1.09 bits per heavy atom. The van der Waals surface area contributed by atoms with E-state index in [1.807, 2.05) is 75.9 Å². The topological polar surface area (TPSA) is 81.4 Å². The molecule has 174 valence electrons. The summed E-state index contributed by atoms with van der Waals surface area (Å²) in [4.78, 5) is 28.0. The highest BCUT2D eigenvalue weighted by Crippen LogP contribution is 2.26. The number of nitrogens with one attached hydrogen (secondary N) is 1. The maximum Gasteiger partial charge on any atom is 0.259 e. The van der Waals surface area contributed by atoms with Crippen molar-refractivity contribution in [1.29, 1.82) is 0 Å². The number of methoxy groups -OCH3 is 1. The van der Waals surface area contributed by atoms with Gasteiger partial charge in [-0.3, -0.25) is 9.59 Å². The first kappa shape index (κ1) is 22.8.